The van der Waals surface area contributed by atoms with Crippen LogP contribution in [-0.4, -0.2) is 23.0 Å². The molecule has 1 aromatic heterocycles. The van der Waals surface area contributed by atoms with Crippen LogP contribution in [0, 0.1) is 12.8 Å². The summed E-state index contributed by atoms with van der Waals surface area (Å²) in [7, 11) is 0. The van der Waals surface area contributed by atoms with Crippen molar-refractivity contribution in [2.75, 3.05) is 13.2 Å². The lowest BCUT2D eigenvalue weighted by molar-refractivity contribution is 0.0596. The maximum atomic E-state index is 5.46. The summed E-state index contributed by atoms with van der Waals surface area (Å²) in [5, 5.41) is 4.86. The predicted molar refractivity (Wildman–Crippen MR) is 78.6 cm³/mol. The van der Waals surface area contributed by atoms with Crippen LogP contribution < -0.4 is 0 Å². The fraction of sp³-hybridized carbons (Fsp3) is 0.812. The third kappa shape index (κ3) is 3.19. The monoisotopic (exact) mass is 264 g/mol. The van der Waals surface area contributed by atoms with E-state index in [1.807, 2.05) is 0 Å². The number of nitrogens with zero attached hydrogens (tertiary/aromatic N) is 2. The molecule has 0 unspecified atom stereocenters. The van der Waals surface area contributed by atoms with Crippen molar-refractivity contribution in [3.63, 3.8) is 0 Å². The van der Waals surface area contributed by atoms with Crippen LogP contribution in [0.25, 0.3) is 0 Å². The molecule has 0 spiro atoms. The van der Waals surface area contributed by atoms with Crippen LogP contribution in [0.1, 0.15) is 57.5 Å². The van der Waals surface area contributed by atoms with Gasteiger partial charge in [0.15, 0.2) is 0 Å². The van der Waals surface area contributed by atoms with Crippen molar-refractivity contribution in [1.29, 1.82) is 0 Å². The van der Waals surface area contributed by atoms with Crippen LogP contribution in [0.2, 0.25) is 0 Å². The normalized spacial score (nSPS) is 17.9. The first-order chi connectivity index (χ1) is 8.93. The molecule has 3 heteroatoms. The zero-order valence-electron chi connectivity index (χ0n) is 13.1. The lowest BCUT2D eigenvalue weighted by Gasteiger charge is -2.26. The van der Waals surface area contributed by atoms with Gasteiger partial charge in [-0.1, -0.05) is 27.7 Å². The molecule has 1 aromatic rings. The highest BCUT2D eigenvalue weighted by Gasteiger charge is 2.26. The minimum Gasteiger partial charge on any atom is -0.381 e. The fourth-order valence-corrected chi connectivity index (χ4v) is 3.19. The molecule has 0 atom stereocenters. The molecule has 0 saturated carbocycles. The summed E-state index contributed by atoms with van der Waals surface area (Å²) in [4.78, 5) is 0. The Morgan fingerprint density at radius 3 is 2.42 bits per heavy atom. The number of aryl methyl sites for hydroxylation is 1. The smallest absolute Gasteiger partial charge is 0.0654 e. The van der Waals surface area contributed by atoms with Gasteiger partial charge in [0.05, 0.1) is 5.69 Å². The number of aromatic nitrogens is 2. The predicted octanol–water partition coefficient (Wildman–Crippen LogP) is 3.48. The molecule has 1 saturated heterocycles. The molecule has 0 radical (unpaired) electrons. The maximum Gasteiger partial charge on any atom is 0.0654 e. The highest BCUT2D eigenvalue weighted by Crippen LogP contribution is 2.29. The Bertz CT molecular complexity index is 423. The number of ether oxygens (including phenoxy) is 1. The summed E-state index contributed by atoms with van der Waals surface area (Å²) >= 11 is 0. The van der Waals surface area contributed by atoms with Crippen molar-refractivity contribution in [3.8, 4) is 0 Å². The minimum absolute atomic E-state index is 0.162. The first kappa shape index (κ1) is 14.6. The van der Waals surface area contributed by atoms with E-state index >= 15 is 0 Å². The molecule has 0 bridgehead atoms. The van der Waals surface area contributed by atoms with E-state index in [0.717, 1.165) is 32.1 Å². The summed E-state index contributed by atoms with van der Waals surface area (Å²) in [5.74, 6) is 0.721. The van der Waals surface area contributed by atoms with Crippen LogP contribution in [0.4, 0.5) is 0 Å². The van der Waals surface area contributed by atoms with E-state index in [9.17, 15) is 0 Å². The SMILES string of the molecule is CCc1nn(CC2CCOCC2)c(C(C)(C)C)c1C. The van der Waals surface area contributed by atoms with Gasteiger partial charge in [0.25, 0.3) is 0 Å². The number of rotatable bonds is 3. The average Bonchev–Trinajstić information content (AvgIpc) is 2.66. The second-order valence-corrected chi connectivity index (χ2v) is 6.76. The van der Waals surface area contributed by atoms with E-state index in [-0.39, 0.29) is 5.41 Å². The number of hydrogen-bond acceptors (Lipinski definition) is 2. The van der Waals surface area contributed by atoms with Gasteiger partial charge in [0.1, 0.15) is 0 Å². The summed E-state index contributed by atoms with van der Waals surface area (Å²) in [5.41, 5.74) is 4.23. The first-order valence-corrected chi connectivity index (χ1v) is 7.58. The maximum absolute atomic E-state index is 5.46. The van der Waals surface area contributed by atoms with Gasteiger partial charge >= 0.3 is 0 Å². The Labute approximate surface area is 117 Å². The van der Waals surface area contributed by atoms with E-state index in [2.05, 4.69) is 39.3 Å². The molecule has 2 rings (SSSR count). The third-order valence-corrected chi connectivity index (χ3v) is 4.10. The standard InChI is InChI=1S/C16H28N2O/c1-6-14-12(2)15(16(3,4)5)18(17-14)11-13-7-9-19-10-8-13/h13H,6-11H2,1-5H3. The average molecular weight is 264 g/mol. The zero-order chi connectivity index (χ0) is 14.0. The Morgan fingerprint density at radius 2 is 1.89 bits per heavy atom. The van der Waals surface area contributed by atoms with Gasteiger partial charge < -0.3 is 4.74 Å². The molecule has 1 aliphatic rings. The van der Waals surface area contributed by atoms with Crippen molar-refractivity contribution in [2.24, 2.45) is 5.92 Å². The molecule has 3 nitrogen and oxygen atoms in total. The summed E-state index contributed by atoms with van der Waals surface area (Å²) < 4.78 is 7.74. The second kappa shape index (κ2) is 5.66. The van der Waals surface area contributed by atoms with Crippen molar-refractivity contribution in [3.05, 3.63) is 17.0 Å². The van der Waals surface area contributed by atoms with Crippen molar-refractivity contribution >= 4 is 0 Å². The summed E-state index contributed by atoms with van der Waals surface area (Å²) in [6.07, 6.45) is 3.36. The van der Waals surface area contributed by atoms with Crippen LogP contribution >= 0.6 is 0 Å². The van der Waals surface area contributed by atoms with Gasteiger partial charge in [-0.15, -0.1) is 0 Å². The van der Waals surface area contributed by atoms with E-state index in [0.29, 0.717) is 0 Å². The molecule has 108 valence electrons. The van der Waals surface area contributed by atoms with Crippen LogP contribution in [0.3, 0.4) is 0 Å². The van der Waals surface area contributed by atoms with Gasteiger partial charge in [-0.3, -0.25) is 4.68 Å². The van der Waals surface area contributed by atoms with Gasteiger partial charge in [0, 0.05) is 30.9 Å². The molecule has 2 heterocycles. The highest BCUT2D eigenvalue weighted by atomic mass is 16.5. The number of hydrogen-bond donors (Lipinski definition) is 0. The minimum atomic E-state index is 0.162. The quantitative estimate of drug-likeness (QED) is 0.835. The molecular formula is C16H28N2O. The summed E-state index contributed by atoms with van der Waals surface area (Å²) in [6.45, 7) is 14.2. The fourth-order valence-electron chi connectivity index (χ4n) is 3.19. The Hall–Kier alpha value is -0.830. The first-order valence-electron chi connectivity index (χ1n) is 7.58. The zero-order valence-corrected chi connectivity index (χ0v) is 13.1. The van der Waals surface area contributed by atoms with E-state index in [1.54, 1.807) is 0 Å². The Morgan fingerprint density at radius 1 is 1.26 bits per heavy atom. The van der Waals surface area contributed by atoms with Gasteiger partial charge in [-0.25, -0.2) is 0 Å². The molecule has 1 aliphatic heterocycles. The van der Waals surface area contributed by atoms with Crippen LogP contribution in [0.5, 0.6) is 0 Å². The van der Waals surface area contributed by atoms with E-state index in [1.165, 1.54) is 29.8 Å². The lowest BCUT2D eigenvalue weighted by Crippen LogP contribution is -2.25. The Balaban J connectivity index is 2.27. The third-order valence-electron chi connectivity index (χ3n) is 4.10. The van der Waals surface area contributed by atoms with Crippen molar-refractivity contribution in [1.82, 2.24) is 9.78 Å². The molecule has 0 N–H and O–H groups in total. The molecule has 1 fully saturated rings. The topological polar surface area (TPSA) is 27.1 Å². The summed E-state index contributed by atoms with van der Waals surface area (Å²) in [6, 6.07) is 0. The molecule has 19 heavy (non-hydrogen) atoms. The molecule has 0 aliphatic carbocycles. The van der Waals surface area contributed by atoms with Gasteiger partial charge in [-0.05, 0) is 37.7 Å². The van der Waals surface area contributed by atoms with E-state index < -0.39 is 0 Å². The molecule has 0 aromatic carbocycles. The molecular weight excluding hydrogens is 236 g/mol. The highest BCUT2D eigenvalue weighted by molar-refractivity contribution is 5.30. The van der Waals surface area contributed by atoms with Crippen molar-refractivity contribution < 1.29 is 4.74 Å². The van der Waals surface area contributed by atoms with Crippen molar-refractivity contribution in [2.45, 2.75) is 65.8 Å². The lowest BCUT2D eigenvalue weighted by atomic mass is 9.88. The van der Waals surface area contributed by atoms with E-state index in [4.69, 9.17) is 9.84 Å². The van der Waals surface area contributed by atoms with Gasteiger partial charge in [-0.2, -0.15) is 5.10 Å². The Kier molecular flexibility index (Phi) is 4.34. The van der Waals surface area contributed by atoms with Crippen LogP contribution in [-0.2, 0) is 23.1 Å². The largest absolute Gasteiger partial charge is 0.381 e. The second-order valence-electron chi connectivity index (χ2n) is 6.76. The van der Waals surface area contributed by atoms with Crippen LogP contribution in [0.15, 0.2) is 0 Å². The molecule has 0 amide bonds. The van der Waals surface area contributed by atoms with Gasteiger partial charge in [0.2, 0.25) is 0 Å².